The molecular formula is C19H27N3O3S. The van der Waals surface area contributed by atoms with Gasteiger partial charge in [0.1, 0.15) is 6.04 Å². The lowest BCUT2D eigenvalue weighted by atomic mass is 10.1. The molecule has 3 rings (SSSR count). The molecule has 1 aliphatic heterocycles. The average Bonchev–Trinajstić information content (AvgIpc) is 3.34. The van der Waals surface area contributed by atoms with E-state index in [1.807, 2.05) is 26.0 Å². The quantitative estimate of drug-likeness (QED) is 0.825. The Bertz CT molecular complexity index is 681. The second kappa shape index (κ2) is 8.20. The molecule has 2 fully saturated rings. The Morgan fingerprint density at radius 3 is 2.54 bits per heavy atom. The number of nitrogens with zero attached hydrogens (tertiary/aromatic N) is 1. The number of thiophene rings is 1. The van der Waals surface area contributed by atoms with Crippen LogP contribution in [0, 0.1) is 12.8 Å². The van der Waals surface area contributed by atoms with Crippen molar-refractivity contribution in [1.82, 2.24) is 15.5 Å². The molecule has 1 saturated heterocycles. The number of likely N-dealkylation sites (tertiary alicyclic amines) is 1. The molecule has 6 nitrogen and oxygen atoms in total. The number of nitrogens with one attached hydrogen (secondary N) is 2. The molecule has 2 unspecified atom stereocenters. The van der Waals surface area contributed by atoms with Gasteiger partial charge in [0.25, 0.3) is 5.91 Å². The molecule has 2 aliphatic rings. The number of hydrogen-bond donors (Lipinski definition) is 2. The summed E-state index contributed by atoms with van der Waals surface area (Å²) in [5, 5.41) is 5.90. The number of rotatable bonds is 5. The Labute approximate surface area is 158 Å². The monoisotopic (exact) mass is 377 g/mol. The van der Waals surface area contributed by atoms with E-state index in [4.69, 9.17) is 0 Å². The van der Waals surface area contributed by atoms with Gasteiger partial charge in [-0.25, -0.2) is 0 Å². The molecule has 1 aromatic heterocycles. The van der Waals surface area contributed by atoms with Gasteiger partial charge in [0.05, 0.1) is 4.88 Å². The standard InChI is InChI=1S/C19H27N3O3S/c1-3-20-18(24)15-10-14(21-17(23)13-6-4-5-7-13)11-22(15)19(25)16-9-8-12(2)26-16/h8-9,13-15H,3-7,10-11H2,1-2H3,(H,20,24)(H,21,23). The molecule has 0 aromatic carbocycles. The number of carbonyl (C=O) groups excluding carboxylic acids is 3. The minimum Gasteiger partial charge on any atom is -0.355 e. The van der Waals surface area contributed by atoms with Crippen molar-refractivity contribution in [3.8, 4) is 0 Å². The summed E-state index contributed by atoms with van der Waals surface area (Å²) >= 11 is 1.44. The highest BCUT2D eigenvalue weighted by molar-refractivity contribution is 7.13. The summed E-state index contributed by atoms with van der Waals surface area (Å²) in [5.41, 5.74) is 0. The third-order valence-corrected chi connectivity index (χ3v) is 6.23. The Morgan fingerprint density at radius 2 is 1.92 bits per heavy atom. The molecule has 0 radical (unpaired) electrons. The van der Waals surface area contributed by atoms with Crippen LogP contribution in [-0.4, -0.2) is 47.8 Å². The van der Waals surface area contributed by atoms with E-state index < -0.39 is 6.04 Å². The maximum atomic E-state index is 12.9. The Morgan fingerprint density at radius 1 is 1.19 bits per heavy atom. The molecule has 0 spiro atoms. The molecule has 0 bridgehead atoms. The molecule has 26 heavy (non-hydrogen) atoms. The second-order valence-electron chi connectivity index (χ2n) is 7.20. The van der Waals surface area contributed by atoms with E-state index in [2.05, 4.69) is 10.6 Å². The van der Waals surface area contributed by atoms with Crippen molar-refractivity contribution in [3.05, 3.63) is 21.9 Å². The predicted octanol–water partition coefficient (Wildman–Crippen LogP) is 2.08. The van der Waals surface area contributed by atoms with Gasteiger partial charge in [0.2, 0.25) is 11.8 Å². The maximum absolute atomic E-state index is 12.9. The molecule has 1 saturated carbocycles. The van der Waals surface area contributed by atoms with Crippen molar-refractivity contribution in [2.75, 3.05) is 13.1 Å². The summed E-state index contributed by atoms with van der Waals surface area (Å²) in [5.74, 6) is -0.116. The number of carbonyl (C=O) groups is 3. The second-order valence-corrected chi connectivity index (χ2v) is 8.49. The molecule has 142 valence electrons. The van der Waals surface area contributed by atoms with Gasteiger partial charge >= 0.3 is 0 Å². The number of aryl methyl sites for hydroxylation is 1. The summed E-state index contributed by atoms with van der Waals surface area (Å²) in [6.07, 6.45) is 4.56. The van der Waals surface area contributed by atoms with Crippen LogP contribution in [0.1, 0.15) is 53.6 Å². The highest BCUT2D eigenvalue weighted by Crippen LogP contribution is 2.27. The topological polar surface area (TPSA) is 78.5 Å². The molecular weight excluding hydrogens is 350 g/mol. The van der Waals surface area contributed by atoms with Crippen molar-refractivity contribution in [1.29, 1.82) is 0 Å². The smallest absolute Gasteiger partial charge is 0.264 e. The lowest BCUT2D eigenvalue weighted by molar-refractivity contribution is -0.126. The van der Waals surface area contributed by atoms with Crippen molar-refractivity contribution < 1.29 is 14.4 Å². The summed E-state index contributed by atoms with van der Waals surface area (Å²) < 4.78 is 0. The van der Waals surface area contributed by atoms with E-state index in [0.717, 1.165) is 30.6 Å². The average molecular weight is 378 g/mol. The van der Waals surface area contributed by atoms with Crippen LogP contribution in [0.15, 0.2) is 12.1 Å². The van der Waals surface area contributed by atoms with Gasteiger partial charge in [-0.2, -0.15) is 0 Å². The molecule has 2 heterocycles. The predicted molar refractivity (Wildman–Crippen MR) is 101 cm³/mol. The molecule has 2 N–H and O–H groups in total. The van der Waals surface area contributed by atoms with Crippen LogP contribution in [0.3, 0.4) is 0 Å². The van der Waals surface area contributed by atoms with Gasteiger partial charge in [-0.1, -0.05) is 12.8 Å². The fraction of sp³-hybridized carbons (Fsp3) is 0.632. The maximum Gasteiger partial charge on any atom is 0.264 e. The SMILES string of the molecule is CCNC(=O)C1CC(NC(=O)C2CCCC2)CN1C(=O)c1ccc(C)s1. The highest BCUT2D eigenvalue weighted by atomic mass is 32.1. The highest BCUT2D eigenvalue weighted by Gasteiger charge is 2.41. The summed E-state index contributed by atoms with van der Waals surface area (Å²) in [4.78, 5) is 41.1. The van der Waals surface area contributed by atoms with Gasteiger partial charge in [0, 0.05) is 29.9 Å². The van der Waals surface area contributed by atoms with E-state index in [-0.39, 0.29) is 29.7 Å². The van der Waals surface area contributed by atoms with E-state index >= 15 is 0 Å². The Hall–Kier alpha value is -1.89. The molecule has 1 aliphatic carbocycles. The van der Waals surface area contributed by atoms with Crippen LogP contribution in [0.5, 0.6) is 0 Å². The van der Waals surface area contributed by atoms with Crippen molar-refractivity contribution >= 4 is 29.1 Å². The number of hydrogen-bond acceptors (Lipinski definition) is 4. The Balaban J connectivity index is 1.71. The summed E-state index contributed by atoms with van der Waals surface area (Å²) in [7, 11) is 0. The fourth-order valence-electron chi connectivity index (χ4n) is 3.90. The molecule has 1 aromatic rings. The van der Waals surface area contributed by atoms with Gasteiger partial charge in [-0.3, -0.25) is 14.4 Å². The van der Waals surface area contributed by atoms with Gasteiger partial charge in [-0.15, -0.1) is 11.3 Å². The lowest BCUT2D eigenvalue weighted by Gasteiger charge is -2.23. The van der Waals surface area contributed by atoms with Gasteiger partial charge in [0.15, 0.2) is 0 Å². The fourth-order valence-corrected chi connectivity index (χ4v) is 4.73. The van der Waals surface area contributed by atoms with Crippen LogP contribution >= 0.6 is 11.3 Å². The minimum absolute atomic E-state index is 0.0726. The zero-order valence-electron chi connectivity index (χ0n) is 15.4. The first-order valence-corrected chi connectivity index (χ1v) is 10.3. The molecule has 2 atom stereocenters. The van der Waals surface area contributed by atoms with Crippen LogP contribution in [0.4, 0.5) is 0 Å². The van der Waals surface area contributed by atoms with E-state index in [1.54, 1.807) is 4.90 Å². The van der Waals surface area contributed by atoms with Gasteiger partial charge in [-0.05, 0) is 45.2 Å². The van der Waals surface area contributed by atoms with Crippen molar-refractivity contribution in [3.63, 3.8) is 0 Å². The zero-order chi connectivity index (χ0) is 18.7. The van der Waals surface area contributed by atoms with Crippen LogP contribution in [0.2, 0.25) is 0 Å². The van der Waals surface area contributed by atoms with Gasteiger partial charge < -0.3 is 15.5 Å². The van der Waals surface area contributed by atoms with Crippen molar-refractivity contribution in [2.45, 2.75) is 58.0 Å². The largest absolute Gasteiger partial charge is 0.355 e. The van der Waals surface area contributed by atoms with E-state index in [1.165, 1.54) is 11.3 Å². The Kier molecular flexibility index (Phi) is 5.96. The van der Waals surface area contributed by atoms with Crippen LogP contribution < -0.4 is 10.6 Å². The van der Waals surface area contributed by atoms with E-state index in [9.17, 15) is 14.4 Å². The van der Waals surface area contributed by atoms with E-state index in [0.29, 0.717) is 24.4 Å². The first-order valence-electron chi connectivity index (χ1n) is 9.45. The number of amides is 3. The summed E-state index contributed by atoms with van der Waals surface area (Å²) in [6.45, 7) is 4.73. The van der Waals surface area contributed by atoms with Crippen LogP contribution in [0.25, 0.3) is 0 Å². The third-order valence-electron chi connectivity index (χ3n) is 5.24. The zero-order valence-corrected chi connectivity index (χ0v) is 16.2. The molecule has 3 amide bonds. The third kappa shape index (κ3) is 4.09. The minimum atomic E-state index is -0.529. The first kappa shape index (κ1) is 18.9. The number of likely N-dealkylation sites (N-methyl/N-ethyl adjacent to an activating group) is 1. The van der Waals surface area contributed by atoms with Crippen LogP contribution in [-0.2, 0) is 9.59 Å². The first-order chi connectivity index (χ1) is 12.5. The van der Waals surface area contributed by atoms with Crippen molar-refractivity contribution in [2.24, 2.45) is 5.92 Å². The lowest BCUT2D eigenvalue weighted by Crippen LogP contribution is -2.45. The normalized spacial score (nSPS) is 23.2. The summed E-state index contributed by atoms with van der Waals surface area (Å²) in [6, 6.07) is 3.02. The molecule has 7 heteroatoms.